The van der Waals surface area contributed by atoms with Crippen LogP contribution in [-0.4, -0.2) is 72.4 Å². The van der Waals surface area contributed by atoms with E-state index in [2.05, 4.69) is 4.90 Å². The fourth-order valence-electron chi connectivity index (χ4n) is 2.89. The summed E-state index contributed by atoms with van der Waals surface area (Å²) in [6, 6.07) is 0.545. The highest BCUT2D eigenvalue weighted by Crippen LogP contribution is 2.19. The molecule has 18 heavy (non-hydrogen) atoms. The monoisotopic (exact) mass is 256 g/mol. The Kier molecular flexibility index (Phi) is 4.97. The van der Waals surface area contributed by atoms with E-state index in [1.165, 1.54) is 0 Å². The predicted octanol–water partition coefficient (Wildman–Crippen LogP) is 0.0805. The molecule has 0 radical (unpaired) electrons. The summed E-state index contributed by atoms with van der Waals surface area (Å²) >= 11 is 0. The molecule has 0 saturated carbocycles. The molecule has 0 aromatic rings. The number of carbonyl (C=O) groups is 1. The number of nitrogens with zero attached hydrogens (tertiary/aromatic N) is 2. The standard InChI is InChI=1S/C13H24N2O3/c1-2-13(17)14-5-3-11(4-6-14)15-7-8-18-12(9-15)10-16/h11-12,16H,2-10H2,1H3/t12-/m1/s1. The van der Waals surface area contributed by atoms with Gasteiger partial charge in [-0.1, -0.05) is 6.92 Å². The van der Waals surface area contributed by atoms with Crippen LogP contribution >= 0.6 is 0 Å². The highest BCUT2D eigenvalue weighted by molar-refractivity contribution is 5.75. The molecule has 0 aromatic heterocycles. The Bertz CT molecular complexity index is 277. The Morgan fingerprint density at radius 2 is 2.06 bits per heavy atom. The van der Waals surface area contributed by atoms with Crippen molar-refractivity contribution in [3.8, 4) is 0 Å². The zero-order valence-corrected chi connectivity index (χ0v) is 11.2. The molecule has 1 atom stereocenters. The molecule has 0 aliphatic carbocycles. The number of hydrogen-bond donors (Lipinski definition) is 1. The summed E-state index contributed by atoms with van der Waals surface area (Å²) in [5.74, 6) is 0.267. The largest absolute Gasteiger partial charge is 0.394 e. The second kappa shape index (κ2) is 6.50. The molecule has 2 saturated heterocycles. The fourth-order valence-corrected chi connectivity index (χ4v) is 2.89. The summed E-state index contributed by atoms with van der Waals surface area (Å²) in [4.78, 5) is 16.0. The lowest BCUT2D eigenvalue weighted by atomic mass is 10.0. The summed E-state index contributed by atoms with van der Waals surface area (Å²) in [6.07, 6.45) is 2.66. The number of amides is 1. The molecular weight excluding hydrogens is 232 g/mol. The molecule has 0 unspecified atom stereocenters. The fraction of sp³-hybridized carbons (Fsp3) is 0.923. The topological polar surface area (TPSA) is 53.0 Å². The number of ether oxygens (including phenoxy) is 1. The molecule has 2 aliphatic heterocycles. The lowest BCUT2D eigenvalue weighted by Crippen LogP contribution is -2.52. The number of morpholine rings is 1. The van der Waals surface area contributed by atoms with Crippen molar-refractivity contribution in [2.75, 3.05) is 39.4 Å². The summed E-state index contributed by atoms with van der Waals surface area (Å²) < 4.78 is 5.47. The van der Waals surface area contributed by atoms with Gasteiger partial charge in [0.25, 0.3) is 0 Å². The van der Waals surface area contributed by atoms with E-state index in [4.69, 9.17) is 9.84 Å². The van der Waals surface area contributed by atoms with E-state index >= 15 is 0 Å². The molecular formula is C13H24N2O3. The number of likely N-dealkylation sites (tertiary alicyclic amines) is 1. The number of hydrogen-bond acceptors (Lipinski definition) is 4. The van der Waals surface area contributed by atoms with Crippen molar-refractivity contribution >= 4 is 5.91 Å². The quantitative estimate of drug-likeness (QED) is 0.777. The molecule has 2 heterocycles. The number of carbonyl (C=O) groups excluding carboxylic acids is 1. The summed E-state index contributed by atoms with van der Waals surface area (Å²) in [5, 5.41) is 9.15. The molecule has 0 aromatic carbocycles. The van der Waals surface area contributed by atoms with E-state index < -0.39 is 0 Å². The van der Waals surface area contributed by atoms with Gasteiger partial charge >= 0.3 is 0 Å². The third-order valence-electron chi connectivity index (χ3n) is 4.01. The Balaban J connectivity index is 1.80. The predicted molar refractivity (Wildman–Crippen MR) is 68.3 cm³/mol. The van der Waals surface area contributed by atoms with Crippen molar-refractivity contribution in [2.45, 2.75) is 38.3 Å². The molecule has 2 rings (SSSR count). The highest BCUT2D eigenvalue weighted by Gasteiger charge is 2.29. The normalized spacial score (nSPS) is 27.4. The van der Waals surface area contributed by atoms with Crippen LogP contribution in [0.4, 0.5) is 0 Å². The second-order valence-corrected chi connectivity index (χ2v) is 5.14. The summed E-state index contributed by atoms with van der Waals surface area (Å²) in [7, 11) is 0. The van der Waals surface area contributed by atoms with Crippen LogP contribution in [0, 0.1) is 0 Å². The molecule has 0 bridgehead atoms. The van der Waals surface area contributed by atoms with Gasteiger partial charge in [-0.25, -0.2) is 0 Å². The molecule has 104 valence electrons. The van der Waals surface area contributed by atoms with Gasteiger partial charge in [0.2, 0.25) is 5.91 Å². The van der Waals surface area contributed by atoms with Crippen LogP contribution in [0.3, 0.4) is 0 Å². The number of rotatable bonds is 3. The average molecular weight is 256 g/mol. The van der Waals surface area contributed by atoms with Gasteiger partial charge in [0, 0.05) is 38.6 Å². The van der Waals surface area contributed by atoms with Crippen LogP contribution in [0.2, 0.25) is 0 Å². The average Bonchev–Trinajstić information content (AvgIpc) is 2.46. The van der Waals surface area contributed by atoms with Gasteiger partial charge in [-0.3, -0.25) is 9.69 Å². The minimum atomic E-state index is -0.0333. The van der Waals surface area contributed by atoms with Gasteiger partial charge in [-0.05, 0) is 12.8 Å². The smallest absolute Gasteiger partial charge is 0.222 e. The van der Waals surface area contributed by atoms with Crippen LogP contribution in [0.15, 0.2) is 0 Å². The minimum absolute atomic E-state index is 0.0333. The number of aliphatic hydroxyl groups is 1. The van der Waals surface area contributed by atoms with E-state index in [1.54, 1.807) is 0 Å². The Hall–Kier alpha value is -0.650. The highest BCUT2D eigenvalue weighted by atomic mass is 16.5. The SMILES string of the molecule is CCC(=O)N1CCC(N2CCO[C@@H](CO)C2)CC1. The van der Waals surface area contributed by atoms with Crippen LogP contribution in [0.1, 0.15) is 26.2 Å². The molecule has 5 nitrogen and oxygen atoms in total. The van der Waals surface area contributed by atoms with Gasteiger partial charge in [0.15, 0.2) is 0 Å². The molecule has 1 amide bonds. The van der Waals surface area contributed by atoms with Gasteiger partial charge in [-0.2, -0.15) is 0 Å². The third kappa shape index (κ3) is 3.22. The number of piperidine rings is 1. The van der Waals surface area contributed by atoms with Crippen molar-refractivity contribution in [1.29, 1.82) is 0 Å². The van der Waals surface area contributed by atoms with Crippen molar-refractivity contribution in [1.82, 2.24) is 9.80 Å². The van der Waals surface area contributed by atoms with E-state index in [0.717, 1.165) is 39.0 Å². The Morgan fingerprint density at radius 3 is 2.67 bits per heavy atom. The molecule has 2 fully saturated rings. The first-order valence-corrected chi connectivity index (χ1v) is 6.99. The zero-order chi connectivity index (χ0) is 13.0. The van der Waals surface area contributed by atoms with E-state index in [1.807, 2.05) is 11.8 Å². The maximum absolute atomic E-state index is 11.6. The molecule has 1 N–H and O–H groups in total. The van der Waals surface area contributed by atoms with Crippen LogP contribution in [-0.2, 0) is 9.53 Å². The Labute approximate surface area is 109 Å². The second-order valence-electron chi connectivity index (χ2n) is 5.14. The Morgan fingerprint density at radius 1 is 1.33 bits per heavy atom. The van der Waals surface area contributed by atoms with Gasteiger partial charge in [0.05, 0.1) is 19.3 Å². The molecule has 2 aliphatic rings. The van der Waals surface area contributed by atoms with Crippen molar-refractivity contribution in [3.05, 3.63) is 0 Å². The third-order valence-corrected chi connectivity index (χ3v) is 4.01. The first kappa shape index (κ1) is 13.8. The number of aliphatic hydroxyl groups excluding tert-OH is 1. The molecule has 5 heteroatoms. The van der Waals surface area contributed by atoms with Crippen molar-refractivity contribution in [3.63, 3.8) is 0 Å². The van der Waals surface area contributed by atoms with Crippen molar-refractivity contribution in [2.24, 2.45) is 0 Å². The maximum Gasteiger partial charge on any atom is 0.222 e. The minimum Gasteiger partial charge on any atom is -0.394 e. The first-order chi connectivity index (χ1) is 8.74. The van der Waals surface area contributed by atoms with Gasteiger partial charge in [-0.15, -0.1) is 0 Å². The van der Waals surface area contributed by atoms with Gasteiger partial charge < -0.3 is 14.7 Å². The van der Waals surface area contributed by atoms with Gasteiger partial charge in [0.1, 0.15) is 0 Å². The van der Waals surface area contributed by atoms with Crippen LogP contribution < -0.4 is 0 Å². The summed E-state index contributed by atoms with van der Waals surface area (Å²) in [5.41, 5.74) is 0. The first-order valence-electron chi connectivity index (χ1n) is 6.99. The van der Waals surface area contributed by atoms with Crippen LogP contribution in [0.5, 0.6) is 0 Å². The maximum atomic E-state index is 11.6. The van der Waals surface area contributed by atoms with Crippen LogP contribution in [0.25, 0.3) is 0 Å². The van der Waals surface area contributed by atoms with E-state index in [0.29, 0.717) is 19.1 Å². The van der Waals surface area contributed by atoms with E-state index in [9.17, 15) is 4.79 Å². The zero-order valence-electron chi connectivity index (χ0n) is 11.2. The lowest BCUT2D eigenvalue weighted by Gasteiger charge is -2.41. The van der Waals surface area contributed by atoms with Crippen molar-refractivity contribution < 1.29 is 14.6 Å². The summed E-state index contributed by atoms with van der Waals surface area (Å²) in [6.45, 7) is 6.24. The lowest BCUT2D eigenvalue weighted by molar-refractivity contribution is -0.133. The van der Waals surface area contributed by atoms with E-state index in [-0.39, 0.29) is 18.6 Å². The molecule has 0 spiro atoms.